The molecule has 8 atom stereocenters. The van der Waals surface area contributed by atoms with Crippen LogP contribution in [0.15, 0.2) is 30.3 Å². The molecule has 1 N–H and O–H groups in total. The highest BCUT2D eigenvalue weighted by molar-refractivity contribution is 5.42. The van der Waals surface area contributed by atoms with Crippen LogP contribution in [0.5, 0.6) is 0 Å². The van der Waals surface area contributed by atoms with Crippen LogP contribution in [0.3, 0.4) is 0 Å². The highest BCUT2D eigenvalue weighted by Crippen LogP contribution is 2.64. The molecule has 27 heavy (non-hydrogen) atoms. The molecule has 0 radical (unpaired) electrons. The Bertz CT molecular complexity index is 639. The molecule has 4 aliphatic carbocycles. The van der Waals surface area contributed by atoms with Crippen LogP contribution < -0.4 is 5.32 Å². The normalized spacial score (nSPS) is 46.2. The van der Waals surface area contributed by atoms with E-state index in [2.05, 4.69) is 49.5 Å². The SMILES string of the molecule is C[C@H]1CC[C@@H]2C3CC[C@@]4(C)C(CC[C@@H]4CNc4ccccc4)[C@@H]3CC[C@@H]2C1. The molecule has 0 aliphatic heterocycles. The van der Waals surface area contributed by atoms with Gasteiger partial charge in [-0.3, -0.25) is 0 Å². The largest absolute Gasteiger partial charge is 0.385 e. The van der Waals surface area contributed by atoms with Crippen molar-refractivity contribution in [3.8, 4) is 0 Å². The zero-order chi connectivity index (χ0) is 18.4. The smallest absolute Gasteiger partial charge is 0.0340 e. The van der Waals surface area contributed by atoms with Gasteiger partial charge in [-0.1, -0.05) is 38.5 Å². The summed E-state index contributed by atoms with van der Waals surface area (Å²) in [7, 11) is 0. The highest BCUT2D eigenvalue weighted by atomic mass is 14.9. The van der Waals surface area contributed by atoms with Gasteiger partial charge in [-0.05, 0) is 110 Å². The first-order chi connectivity index (χ1) is 13.1. The van der Waals surface area contributed by atoms with Crippen LogP contribution in [-0.4, -0.2) is 6.54 Å². The minimum atomic E-state index is 0.595. The van der Waals surface area contributed by atoms with Gasteiger partial charge in [0.2, 0.25) is 0 Å². The van der Waals surface area contributed by atoms with Crippen molar-refractivity contribution in [1.29, 1.82) is 0 Å². The van der Waals surface area contributed by atoms with Crippen LogP contribution in [0.1, 0.15) is 71.6 Å². The molecule has 0 heterocycles. The third-order valence-electron chi connectivity index (χ3n) is 9.74. The third-order valence-corrected chi connectivity index (χ3v) is 9.74. The van der Waals surface area contributed by atoms with E-state index >= 15 is 0 Å². The molecule has 1 nitrogen and oxygen atoms in total. The number of anilines is 1. The summed E-state index contributed by atoms with van der Waals surface area (Å²) < 4.78 is 0. The Morgan fingerprint density at radius 3 is 2.56 bits per heavy atom. The third kappa shape index (κ3) is 3.14. The molecule has 0 aromatic heterocycles. The lowest BCUT2D eigenvalue weighted by atomic mass is 9.49. The average Bonchev–Trinajstić information content (AvgIpc) is 3.03. The van der Waals surface area contributed by atoms with Crippen molar-refractivity contribution in [2.24, 2.45) is 46.8 Å². The number of hydrogen-bond donors (Lipinski definition) is 1. The lowest BCUT2D eigenvalue weighted by molar-refractivity contribution is -0.0656. The van der Waals surface area contributed by atoms with E-state index in [-0.39, 0.29) is 0 Å². The number of hydrogen-bond acceptors (Lipinski definition) is 1. The first kappa shape index (κ1) is 18.1. The number of benzene rings is 1. The fourth-order valence-corrected chi connectivity index (χ4v) is 8.33. The van der Waals surface area contributed by atoms with Crippen LogP contribution in [0.2, 0.25) is 0 Å². The molecule has 4 saturated carbocycles. The van der Waals surface area contributed by atoms with Crippen molar-refractivity contribution in [3.63, 3.8) is 0 Å². The maximum atomic E-state index is 3.77. The van der Waals surface area contributed by atoms with Crippen molar-refractivity contribution in [1.82, 2.24) is 0 Å². The van der Waals surface area contributed by atoms with Gasteiger partial charge in [0.1, 0.15) is 0 Å². The van der Waals surface area contributed by atoms with E-state index in [0.29, 0.717) is 5.41 Å². The predicted molar refractivity (Wildman–Crippen MR) is 115 cm³/mol. The second-order valence-corrected chi connectivity index (χ2v) is 10.9. The molecular weight excluding hydrogens is 326 g/mol. The summed E-state index contributed by atoms with van der Waals surface area (Å²) >= 11 is 0. The monoisotopic (exact) mass is 365 g/mol. The van der Waals surface area contributed by atoms with Crippen molar-refractivity contribution < 1.29 is 0 Å². The number of para-hydroxylation sites is 1. The van der Waals surface area contributed by atoms with E-state index in [9.17, 15) is 0 Å². The van der Waals surface area contributed by atoms with Crippen molar-refractivity contribution in [3.05, 3.63) is 30.3 Å². The fourth-order valence-electron chi connectivity index (χ4n) is 8.33. The Morgan fingerprint density at radius 1 is 0.889 bits per heavy atom. The van der Waals surface area contributed by atoms with Gasteiger partial charge >= 0.3 is 0 Å². The molecule has 1 heteroatoms. The standard InChI is InChI=1S/C26H39N/c1-18-8-11-22-19(16-18)9-12-24-23(22)14-15-26(2)20(10-13-25(24)26)17-27-21-6-4-3-5-7-21/h3-7,18-20,22-25,27H,8-17H2,1-2H3/t18-,19+,20+,22-,23?,24+,25?,26+/m0/s1. The summed E-state index contributed by atoms with van der Waals surface area (Å²) in [5.74, 6) is 7.18. The quantitative estimate of drug-likeness (QED) is 0.608. The molecule has 2 unspecified atom stereocenters. The minimum absolute atomic E-state index is 0.595. The van der Waals surface area contributed by atoms with Crippen LogP contribution >= 0.6 is 0 Å². The molecule has 4 aliphatic rings. The second-order valence-electron chi connectivity index (χ2n) is 10.9. The van der Waals surface area contributed by atoms with E-state index in [1.807, 2.05) is 0 Å². The molecule has 4 fully saturated rings. The van der Waals surface area contributed by atoms with Gasteiger partial charge in [-0.15, -0.1) is 0 Å². The lowest BCUT2D eigenvalue weighted by Gasteiger charge is -2.56. The summed E-state index contributed by atoms with van der Waals surface area (Å²) in [4.78, 5) is 0. The Balaban J connectivity index is 1.28. The fraction of sp³-hybridized carbons (Fsp3) is 0.769. The Hall–Kier alpha value is -0.980. The van der Waals surface area contributed by atoms with E-state index in [0.717, 1.165) is 41.4 Å². The molecule has 1 aromatic rings. The van der Waals surface area contributed by atoms with Gasteiger partial charge < -0.3 is 5.32 Å². The maximum absolute atomic E-state index is 3.77. The van der Waals surface area contributed by atoms with Gasteiger partial charge in [-0.25, -0.2) is 0 Å². The number of rotatable bonds is 3. The second kappa shape index (κ2) is 7.12. The molecule has 0 spiro atoms. The summed E-state index contributed by atoms with van der Waals surface area (Å²) in [6.45, 7) is 6.35. The molecule has 0 bridgehead atoms. The zero-order valence-electron chi connectivity index (χ0n) is 17.5. The van der Waals surface area contributed by atoms with Gasteiger partial charge in [0.15, 0.2) is 0 Å². The molecular formula is C26H39N. The van der Waals surface area contributed by atoms with E-state index in [1.165, 1.54) is 44.3 Å². The topological polar surface area (TPSA) is 12.0 Å². The van der Waals surface area contributed by atoms with Crippen molar-refractivity contribution in [2.45, 2.75) is 71.6 Å². The van der Waals surface area contributed by atoms with Crippen molar-refractivity contribution >= 4 is 5.69 Å². The van der Waals surface area contributed by atoms with E-state index in [4.69, 9.17) is 0 Å². The van der Waals surface area contributed by atoms with E-state index in [1.54, 1.807) is 25.7 Å². The van der Waals surface area contributed by atoms with E-state index < -0.39 is 0 Å². The van der Waals surface area contributed by atoms with Crippen LogP contribution in [0.4, 0.5) is 5.69 Å². The zero-order valence-corrected chi connectivity index (χ0v) is 17.5. The predicted octanol–water partition coefficient (Wildman–Crippen LogP) is 7.00. The maximum Gasteiger partial charge on any atom is 0.0340 e. The minimum Gasteiger partial charge on any atom is -0.385 e. The molecule has 0 amide bonds. The lowest BCUT2D eigenvalue weighted by Crippen LogP contribution is -2.49. The van der Waals surface area contributed by atoms with Crippen molar-refractivity contribution in [2.75, 3.05) is 11.9 Å². The number of nitrogens with one attached hydrogen (secondary N) is 1. The first-order valence-electron chi connectivity index (χ1n) is 11.9. The van der Waals surface area contributed by atoms with Gasteiger partial charge in [0.25, 0.3) is 0 Å². The number of fused-ring (bicyclic) bond motifs is 5. The Labute approximate surface area is 166 Å². The van der Waals surface area contributed by atoms with Crippen LogP contribution in [0, 0.1) is 46.8 Å². The highest BCUT2D eigenvalue weighted by Gasteiger charge is 2.56. The average molecular weight is 366 g/mol. The van der Waals surface area contributed by atoms with Gasteiger partial charge in [0.05, 0.1) is 0 Å². The summed E-state index contributed by atoms with van der Waals surface area (Å²) in [6.07, 6.45) is 13.7. The molecule has 1 aromatic carbocycles. The summed E-state index contributed by atoms with van der Waals surface area (Å²) in [5.41, 5.74) is 1.90. The van der Waals surface area contributed by atoms with Gasteiger partial charge in [-0.2, -0.15) is 0 Å². The first-order valence-corrected chi connectivity index (χ1v) is 11.9. The Morgan fingerprint density at radius 2 is 1.70 bits per heavy atom. The molecule has 5 rings (SSSR count). The van der Waals surface area contributed by atoms with Gasteiger partial charge in [0, 0.05) is 12.2 Å². The summed E-state index contributed by atoms with van der Waals surface area (Å²) in [5, 5.41) is 3.77. The Kier molecular flexibility index (Phi) is 4.77. The summed E-state index contributed by atoms with van der Waals surface area (Å²) in [6, 6.07) is 10.8. The van der Waals surface area contributed by atoms with Crippen LogP contribution in [-0.2, 0) is 0 Å². The molecule has 148 valence electrons. The molecule has 0 saturated heterocycles. The van der Waals surface area contributed by atoms with Crippen LogP contribution in [0.25, 0.3) is 0 Å².